The summed E-state index contributed by atoms with van der Waals surface area (Å²) >= 11 is 0. The minimum absolute atomic E-state index is 0.178. The molecule has 6 heteroatoms. The number of amides is 2. The summed E-state index contributed by atoms with van der Waals surface area (Å²) in [6.07, 6.45) is 4.88. The highest BCUT2D eigenvalue weighted by Gasteiger charge is 2.39. The molecule has 23 heavy (non-hydrogen) atoms. The van der Waals surface area contributed by atoms with E-state index >= 15 is 0 Å². The Kier molecular flexibility index (Phi) is 3.47. The Hall–Kier alpha value is -2.11. The van der Waals surface area contributed by atoms with Crippen LogP contribution in [0.1, 0.15) is 54.1 Å². The molecule has 1 aromatic rings. The first-order chi connectivity index (χ1) is 11.1. The van der Waals surface area contributed by atoms with Crippen molar-refractivity contribution in [3.63, 3.8) is 0 Å². The van der Waals surface area contributed by atoms with Crippen molar-refractivity contribution in [1.82, 2.24) is 15.2 Å². The molecule has 4 rings (SSSR count). The number of nitrogens with zero attached hydrogens (tertiary/aromatic N) is 1. The van der Waals surface area contributed by atoms with Crippen LogP contribution in [0.4, 0.5) is 0 Å². The van der Waals surface area contributed by atoms with Gasteiger partial charge in [-0.15, -0.1) is 0 Å². The summed E-state index contributed by atoms with van der Waals surface area (Å²) in [4.78, 5) is 40.7. The summed E-state index contributed by atoms with van der Waals surface area (Å²) in [6.45, 7) is 1.23. The van der Waals surface area contributed by atoms with Crippen LogP contribution in [-0.2, 0) is 4.79 Å². The van der Waals surface area contributed by atoms with E-state index < -0.39 is 0 Å². The van der Waals surface area contributed by atoms with Gasteiger partial charge in [0.25, 0.3) is 5.91 Å². The first-order valence-corrected chi connectivity index (χ1v) is 8.42. The monoisotopic (exact) mass is 315 g/mol. The molecule has 3 fully saturated rings. The Labute approximate surface area is 134 Å². The fourth-order valence-corrected chi connectivity index (χ4v) is 3.33. The summed E-state index contributed by atoms with van der Waals surface area (Å²) in [7, 11) is 0. The molecule has 0 aromatic carbocycles. The lowest BCUT2D eigenvalue weighted by molar-refractivity contribution is -0.128. The SMILES string of the molecule is O=C(NCC1CC(=O)N(C2CC2)C1)c1cc(C2CC2)[nH]c(=O)c1. The second-order valence-corrected chi connectivity index (χ2v) is 7.02. The topological polar surface area (TPSA) is 82.3 Å². The van der Waals surface area contributed by atoms with Crippen LogP contribution in [0.2, 0.25) is 0 Å². The molecule has 122 valence electrons. The van der Waals surface area contributed by atoms with Gasteiger partial charge in [0.2, 0.25) is 11.5 Å². The fraction of sp³-hybridized carbons (Fsp3) is 0.588. The second-order valence-electron chi connectivity index (χ2n) is 7.02. The van der Waals surface area contributed by atoms with Crippen molar-refractivity contribution >= 4 is 11.8 Å². The lowest BCUT2D eigenvalue weighted by atomic mass is 10.1. The Balaban J connectivity index is 1.37. The second kappa shape index (κ2) is 5.51. The highest BCUT2D eigenvalue weighted by atomic mass is 16.2. The molecule has 1 saturated heterocycles. The van der Waals surface area contributed by atoms with Gasteiger partial charge < -0.3 is 15.2 Å². The molecular weight excluding hydrogens is 294 g/mol. The zero-order valence-electron chi connectivity index (χ0n) is 13.0. The van der Waals surface area contributed by atoms with E-state index in [1.807, 2.05) is 4.90 Å². The van der Waals surface area contributed by atoms with E-state index in [0.717, 1.165) is 37.9 Å². The number of rotatable bonds is 5. The molecule has 0 spiro atoms. The van der Waals surface area contributed by atoms with Crippen molar-refractivity contribution in [2.75, 3.05) is 13.1 Å². The van der Waals surface area contributed by atoms with Crippen molar-refractivity contribution < 1.29 is 9.59 Å². The molecule has 2 N–H and O–H groups in total. The average molecular weight is 315 g/mol. The van der Waals surface area contributed by atoms with Gasteiger partial charge in [-0.3, -0.25) is 14.4 Å². The van der Waals surface area contributed by atoms with Crippen LogP contribution in [0.15, 0.2) is 16.9 Å². The number of carbonyl (C=O) groups excluding carboxylic acids is 2. The van der Waals surface area contributed by atoms with Crippen LogP contribution in [-0.4, -0.2) is 40.8 Å². The third-order valence-electron chi connectivity index (χ3n) is 4.92. The summed E-state index contributed by atoms with van der Waals surface area (Å²) < 4.78 is 0. The molecule has 3 aliphatic rings. The fourth-order valence-electron chi connectivity index (χ4n) is 3.33. The predicted molar refractivity (Wildman–Crippen MR) is 84.2 cm³/mol. The Morgan fingerprint density at radius 3 is 2.70 bits per heavy atom. The van der Waals surface area contributed by atoms with Gasteiger partial charge in [-0.2, -0.15) is 0 Å². The Bertz CT molecular complexity index is 703. The zero-order valence-corrected chi connectivity index (χ0v) is 13.0. The maximum absolute atomic E-state index is 12.3. The molecule has 1 aliphatic heterocycles. The molecule has 0 radical (unpaired) electrons. The maximum Gasteiger partial charge on any atom is 0.251 e. The van der Waals surface area contributed by atoms with Crippen LogP contribution >= 0.6 is 0 Å². The lowest BCUT2D eigenvalue weighted by Crippen LogP contribution is -2.32. The average Bonchev–Trinajstić information content (AvgIpc) is 3.42. The number of carbonyl (C=O) groups is 2. The molecule has 2 saturated carbocycles. The van der Waals surface area contributed by atoms with Crippen molar-refractivity contribution in [2.45, 2.75) is 44.1 Å². The van der Waals surface area contributed by atoms with Gasteiger partial charge in [-0.1, -0.05) is 0 Å². The van der Waals surface area contributed by atoms with Gasteiger partial charge in [-0.25, -0.2) is 0 Å². The van der Waals surface area contributed by atoms with Crippen LogP contribution in [0.25, 0.3) is 0 Å². The number of aromatic nitrogens is 1. The third kappa shape index (κ3) is 3.16. The van der Waals surface area contributed by atoms with Crippen LogP contribution in [0, 0.1) is 5.92 Å². The van der Waals surface area contributed by atoms with Crippen LogP contribution in [0.5, 0.6) is 0 Å². The van der Waals surface area contributed by atoms with E-state index in [0.29, 0.717) is 30.5 Å². The number of nitrogens with one attached hydrogen (secondary N) is 2. The van der Waals surface area contributed by atoms with Crippen molar-refractivity contribution in [3.05, 3.63) is 33.7 Å². The first kappa shape index (κ1) is 14.5. The summed E-state index contributed by atoms with van der Waals surface area (Å²) in [6, 6.07) is 3.57. The van der Waals surface area contributed by atoms with E-state index in [2.05, 4.69) is 10.3 Å². The highest BCUT2D eigenvalue weighted by molar-refractivity contribution is 5.94. The van der Waals surface area contributed by atoms with Gasteiger partial charge in [0.05, 0.1) is 0 Å². The predicted octanol–water partition coefficient (Wildman–Crippen LogP) is 0.993. The third-order valence-corrected chi connectivity index (χ3v) is 4.92. The number of hydrogen-bond acceptors (Lipinski definition) is 3. The summed E-state index contributed by atoms with van der Waals surface area (Å²) in [5.74, 6) is 0.557. The molecular formula is C17H21N3O3. The van der Waals surface area contributed by atoms with Crippen molar-refractivity contribution in [1.29, 1.82) is 0 Å². The first-order valence-electron chi connectivity index (χ1n) is 8.42. The van der Waals surface area contributed by atoms with Gasteiger partial charge in [-0.05, 0) is 37.7 Å². The van der Waals surface area contributed by atoms with E-state index in [9.17, 15) is 14.4 Å². The van der Waals surface area contributed by atoms with E-state index in [1.165, 1.54) is 6.07 Å². The number of likely N-dealkylation sites (tertiary alicyclic amines) is 1. The number of hydrogen-bond donors (Lipinski definition) is 2. The molecule has 0 bridgehead atoms. The van der Waals surface area contributed by atoms with Crippen LogP contribution < -0.4 is 10.9 Å². The van der Waals surface area contributed by atoms with E-state index in [4.69, 9.17) is 0 Å². The number of H-pyrrole nitrogens is 1. The largest absolute Gasteiger partial charge is 0.352 e. The zero-order chi connectivity index (χ0) is 16.0. The van der Waals surface area contributed by atoms with Crippen molar-refractivity contribution in [2.24, 2.45) is 5.92 Å². The highest BCUT2D eigenvalue weighted by Crippen LogP contribution is 2.38. The Morgan fingerprint density at radius 2 is 2.00 bits per heavy atom. The van der Waals surface area contributed by atoms with E-state index in [1.54, 1.807) is 6.07 Å². The minimum atomic E-state index is -0.227. The minimum Gasteiger partial charge on any atom is -0.352 e. The lowest BCUT2D eigenvalue weighted by Gasteiger charge is -2.15. The standard InChI is InChI=1S/C17H21N3O3/c21-15-7-12(6-14(19-15)11-1-2-11)17(23)18-8-10-5-16(22)20(9-10)13-3-4-13/h6-7,10-11,13H,1-5,8-9H2,(H,18,23)(H,19,21). The van der Waals surface area contributed by atoms with Gasteiger partial charge in [0, 0.05) is 48.8 Å². The summed E-state index contributed by atoms with van der Waals surface area (Å²) in [5, 5.41) is 2.88. The molecule has 1 unspecified atom stereocenters. The molecule has 2 amide bonds. The quantitative estimate of drug-likeness (QED) is 0.850. The Morgan fingerprint density at radius 1 is 1.22 bits per heavy atom. The number of aromatic amines is 1. The van der Waals surface area contributed by atoms with Crippen LogP contribution in [0.3, 0.4) is 0 Å². The molecule has 2 aliphatic carbocycles. The van der Waals surface area contributed by atoms with Gasteiger partial charge in [0.15, 0.2) is 0 Å². The molecule has 1 aromatic heterocycles. The molecule has 6 nitrogen and oxygen atoms in total. The van der Waals surface area contributed by atoms with Crippen molar-refractivity contribution in [3.8, 4) is 0 Å². The normalized spacial score (nSPS) is 24.1. The van der Waals surface area contributed by atoms with Gasteiger partial charge in [0.1, 0.15) is 0 Å². The van der Waals surface area contributed by atoms with E-state index in [-0.39, 0.29) is 23.3 Å². The number of pyridine rings is 1. The molecule has 1 atom stereocenters. The summed E-state index contributed by atoms with van der Waals surface area (Å²) in [5.41, 5.74) is 1.05. The van der Waals surface area contributed by atoms with Gasteiger partial charge >= 0.3 is 0 Å². The molecule has 2 heterocycles. The smallest absolute Gasteiger partial charge is 0.251 e. The maximum atomic E-state index is 12.3.